The second kappa shape index (κ2) is 7.66. The van der Waals surface area contributed by atoms with E-state index in [1.54, 1.807) is 11.8 Å². The maximum Gasteiger partial charge on any atom is 0.302 e. The lowest BCUT2D eigenvalue weighted by atomic mass is 10.4. The Morgan fingerprint density at radius 2 is 2.27 bits per heavy atom. The van der Waals surface area contributed by atoms with Gasteiger partial charge in [-0.05, 0) is 18.4 Å². The Bertz CT molecular complexity index is 132. The Morgan fingerprint density at radius 1 is 1.55 bits per heavy atom. The minimum atomic E-state index is -0.223. The summed E-state index contributed by atoms with van der Waals surface area (Å²) in [6.45, 7) is 1.82. The number of allylic oxidation sites excluding steroid dienone is 1. The van der Waals surface area contributed by atoms with Crippen molar-refractivity contribution in [3.05, 3.63) is 12.2 Å². The highest BCUT2D eigenvalue weighted by molar-refractivity contribution is 7.98. The maximum absolute atomic E-state index is 10.3. The quantitative estimate of drug-likeness (QED) is 0.361. The lowest BCUT2D eigenvalue weighted by Crippen LogP contribution is -1.97. The molecule has 0 N–H and O–H groups in total. The Balaban J connectivity index is 3.10. The number of carbonyl (C=O) groups excluding carboxylic acids is 1. The number of thioether (sulfide) groups is 1. The van der Waals surface area contributed by atoms with Crippen molar-refractivity contribution in [2.45, 2.75) is 13.3 Å². The van der Waals surface area contributed by atoms with Crippen LogP contribution in [0.25, 0.3) is 0 Å². The Labute approximate surface area is 72.0 Å². The highest BCUT2D eigenvalue weighted by Gasteiger charge is 1.85. The van der Waals surface area contributed by atoms with E-state index in [0.717, 1.165) is 12.2 Å². The van der Waals surface area contributed by atoms with Crippen molar-refractivity contribution in [1.29, 1.82) is 0 Å². The van der Waals surface area contributed by atoms with Crippen LogP contribution in [0.3, 0.4) is 0 Å². The molecule has 0 fully saturated rings. The van der Waals surface area contributed by atoms with E-state index in [2.05, 4.69) is 11.0 Å². The van der Waals surface area contributed by atoms with Crippen molar-refractivity contribution >= 4 is 17.7 Å². The molecule has 0 radical (unpaired) electrons. The molecule has 3 heteroatoms. The maximum atomic E-state index is 10.3. The van der Waals surface area contributed by atoms with E-state index in [0.29, 0.717) is 6.61 Å². The fourth-order valence-corrected chi connectivity index (χ4v) is 0.909. The first-order valence-electron chi connectivity index (χ1n) is 3.54. The summed E-state index contributed by atoms with van der Waals surface area (Å²) in [4.78, 5) is 10.3. The molecule has 0 unspecified atom stereocenters. The van der Waals surface area contributed by atoms with Crippen LogP contribution < -0.4 is 0 Å². The minimum Gasteiger partial charge on any atom is -0.462 e. The van der Waals surface area contributed by atoms with Gasteiger partial charge in [0.15, 0.2) is 0 Å². The molecule has 11 heavy (non-hydrogen) atoms. The molecule has 0 aliphatic rings. The number of rotatable bonds is 5. The third kappa shape index (κ3) is 9.56. The summed E-state index contributed by atoms with van der Waals surface area (Å²) in [7, 11) is 0. The minimum absolute atomic E-state index is 0.223. The van der Waals surface area contributed by atoms with Gasteiger partial charge >= 0.3 is 5.97 Å². The van der Waals surface area contributed by atoms with Gasteiger partial charge in [-0.25, -0.2) is 0 Å². The molecule has 0 aromatic rings. The number of hydrogen-bond donors (Lipinski definition) is 0. The van der Waals surface area contributed by atoms with E-state index < -0.39 is 0 Å². The number of hydrogen-bond acceptors (Lipinski definition) is 3. The van der Waals surface area contributed by atoms with Crippen molar-refractivity contribution in [2.24, 2.45) is 0 Å². The first-order chi connectivity index (χ1) is 5.27. The van der Waals surface area contributed by atoms with E-state index in [1.165, 1.54) is 6.92 Å². The highest BCUT2D eigenvalue weighted by Crippen LogP contribution is 1.95. The topological polar surface area (TPSA) is 26.3 Å². The van der Waals surface area contributed by atoms with Crippen LogP contribution in [0, 0.1) is 0 Å². The number of ether oxygens (including phenoxy) is 1. The average Bonchev–Trinajstić information content (AvgIpc) is 1.96. The fraction of sp³-hybridized carbons (Fsp3) is 0.625. The fourth-order valence-electron chi connectivity index (χ4n) is 0.537. The van der Waals surface area contributed by atoms with Crippen LogP contribution in [0.1, 0.15) is 13.3 Å². The molecule has 0 atom stereocenters. The standard InChI is InChI=1S/C8H14O2S/c1-8(9)10-6-4-3-5-7-11-2/h3-4H,5-7H2,1-2H3. The van der Waals surface area contributed by atoms with Crippen molar-refractivity contribution in [2.75, 3.05) is 18.6 Å². The van der Waals surface area contributed by atoms with Crippen LogP contribution in [0.2, 0.25) is 0 Å². The van der Waals surface area contributed by atoms with Crippen LogP contribution in [-0.4, -0.2) is 24.6 Å². The summed E-state index contributed by atoms with van der Waals surface area (Å²) in [5.41, 5.74) is 0. The Hall–Kier alpha value is -0.440. The van der Waals surface area contributed by atoms with Gasteiger partial charge in [0.2, 0.25) is 0 Å². The first-order valence-corrected chi connectivity index (χ1v) is 4.94. The summed E-state index contributed by atoms with van der Waals surface area (Å²) in [5, 5.41) is 0. The van der Waals surface area contributed by atoms with Crippen molar-refractivity contribution in [1.82, 2.24) is 0 Å². The number of esters is 1. The highest BCUT2D eigenvalue weighted by atomic mass is 32.2. The predicted molar refractivity (Wildman–Crippen MR) is 48.8 cm³/mol. The van der Waals surface area contributed by atoms with Gasteiger partial charge in [0.1, 0.15) is 6.61 Å². The van der Waals surface area contributed by atoms with Gasteiger partial charge in [-0.3, -0.25) is 4.79 Å². The molecule has 0 saturated heterocycles. The van der Waals surface area contributed by atoms with Crippen LogP contribution in [0.4, 0.5) is 0 Å². The summed E-state index contributed by atoms with van der Waals surface area (Å²) in [6.07, 6.45) is 7.01. The van der Waals surface area contributed by atoms with Gasteiger partial charge in [-0.15, -0.1) is 0 Å². The zero-order valence-electron chi connectivity index (χ0n) is 7.00. The van der Waals surface area contributed by atoms with Gasteiger partial charge < -0.3 is 4.74 Å². The lowest BCUT2D eigenvalue weighted by molar-refractivity contribution is -0.139. The normalized spacial score (nSPS) is 10.4. The third-order valence-electron chi connectivity index (χ3n) is 1.04. The van der Waals surface area contributed by atoms with Crippen LogP contribution in [0.15, 0.2) is 12.2 Å². The lowest BCUT2D eigenvalue weighted by Gasteiger charge is -1.94. The molecular formula is C8H14O2S. The van der Waals surface area contributed by atoms with E-state index in [4.69, 9.17) is 0 Å². The molecule has 64 valence electrons. The monoisotopic (exact) mass is 174 g/mol. The van der Waals surface area contributed by atoms with Crippen LogP contribution >= 0.6 is 11.8 Å². The SMILES string of the molecule is CSCCC=CCOC(C)=O. The molecule has 0 amide bonds. The molecule has 0 saturated carbocycles. The second-order valence-electron chi connectivity index (χ2n) is 2.06. The molecule has 2 nitrogen and oxygen atoms in total. The largest absolute Gasteiger partial charge is 0.462 e. The molecule has 0 aliphatic carbocycles. The molecule has 0 aromatic heterocycles. The zero-order chi connectivity index (χ0) is 8.53. The first kappa shape index (κ1) is 10.6. The van der Waals surface area contributed by atoms with Crippen LogP contribution in [-0.2, 0) is 9.53 Å². The van der Waals surface area contributed by atoms with E-state index in [9.17, 15) is 4.79 Å². The van der Waals surface area contributed by atoms with Gasteiger partial charge in [0.05, 0.1) is 0 Å². The van der Waals surface area contributed by atoms with Crippen molar-refractivity contribution in [3.63, 3.8) is 0 Å². The van der Waals surface area contributed by atoms with Crippen molar-refractivity contribution in [3.8, 4) is 0 Å². The van der Waals surface area contributed by atoms with E-state index in [1.807, 2.05) is 12.2 Å². The van der Waals surface area contributed by atoms with Gasteiger partial charge in [0, 0.05) is 6.92 Å². The number of carbonyl (C=O) groups is 1. The van der Waals surface area contributed by atoms with Crippen LogP contribution in [0.5, 0.6) is 0 Å². The molecule has 0 heterocycles. The van der Waals surface area contributed by atoms with E-state index in [-0.39, 0.29) is 5.97 Å². The summed E-state index contributed by atoms with van der Waals surface area (Å²) in [5.74, 6) is 0.899. The predicted octanol–water partition coefficient (Wildman–Crippen LogP) is 1.86. The summed E-state index contributed by atoms with van der Waals surface area (Å²) < 4.78 is 4.69. The van der Waals surface area contributed by atoms with E-state index >= 15 is 0 Å². The summed E-state index contributed by atoms with van der Waals surface area (Å²) in [6, 6.07) is 0. The summed E-state index contributed by atoms with van der Waals surface area (Å²) >= 11 is 1.81. The second-order valence-corrected chi connectivity index (χ2v) is 3.04. The zero-order valence-corrected chi connectivity index (χ0v) is 7.82. The third-order valence-corrected chi connectivity index (χ3v) is 1.68. The molecule has 0 bridgehead atoms. The van der Waals surface area contributed by atoms with Crippen molar-refractivity contribution < 1.29 is 9.53 Å². The molecule has 0 rings (SSSR count). The Kier molecular flexibility index (Phi) is 7.36. The van der Waals surface area contributed by atoms with Gasteiger partial charge in [-0.1, -0.05) is 12.2 Å². The van der Waals surface area contributed by atoms with Gasteiger partial charge in [-0.2, -0.15) is 11.8 Å². The Morgan fingerprint density at radius 3 is 2.82 bits per heavy atom. The smallest absolute Gasteiger partial charge is 0.302 e. The molecule has 0 aliphatic heterocycles. The molecule has 0 aromatic carbocycles. The average molecular weight is 174 g/mol. The van der Waals surface area contributed by atoms with Gasteiger partial charge in [0.25, 0.3) is 0 Å². The molecular weight excluding hydrogens is 160 g/mol. The molecule has 0 spiro atoms.